The van der Waals surface area contributed by atoms with Crippen molar-refractivity contribution in [1.82, 2.24) is 5.32 Å². The first-order valence-corrected chi connectivity index (χ1v) is 6.25. The summed E-state index contributed by atoms with van der Waals surface area (Å²) in [5.41, 5.74) is 0.0328. The summed E-state index contributed by atoms with van der Waals surface area (Å²) in [4.78, 5) is 0. The molecule has 2 N–H and O–H groups in total. The molecular weight excluding hydrogens is 286 g/mol. The summed E-state index contributed by atoms with van der Waals surface area (Å²) < 4.78 is 52.5. The molecule has 0 radical (unpaired) electrons. The van der Waals surface area contributed by atoms with Crippen LogP contribution >= 0.6 is 0 Å². The van der Waals surface area contributed by atoms with Crippen molar-refractivity contribution in [2.24, 2.45) is 0 Å². The van der Waals surface area contributed by atoms with Crippen LogP contribution in [0.2, 0.25) is 0 Å². The highest BCUT2D eigenvalue weighted by molar-refractivity contribution is 5.21. The fourth-order valence-corrected chi connectivity index (χ4v) is 1.90. The fourth-order valence-electron chi connectivity index (χ4n) is 1.90. The van der Waals surface area contributed by atoms with E-state index in [9.17, 15) is 22.7 Å². The molecular formula is C15H13F4NO. The number of aliphatic hydroxyl groups is 1. The molecule has 0 saturated carbocycles. The summed E-state index contributed by atoms with van der Waals surface area (Å²) in [5.74, 6) is -2.75. The summed E-state index contributed by atoms with van der Waals surface area (Å²) in [5, 5.41) is 12.5. The summed E-state index contributed by atoms with van der Waals surface area (Å²) in [6.45, 7) is -0.109. The predicted molar refractivity (Wildman–Crippen MR) is 69.4 cm³/mol. The van der Waals surface area contributed by atoms with E-state index in [1.54, 1.807) is 0 Å². The molecule has 112 valence electrons. The molecule has 2 rings (SSSR count). The van der Waals surface area contributed by atoms with Gasteiger partial charge in [-0.25, -0.2) is 17.6 Å². The first-order chi connectivity index (χ1) is 9.97. The Bertz CT molecular complexity index is 633. The van der Waals surface area contributed by atoms with E-state index in [2.05, 4.69) is 5.32 Å². The monoisotopic (exact) mass is 299 g/mol. The van der Waals surface area contributed by atoms with E-state index >= 15 is 0 Å². The van der Waals surface area contributed by atoms with Gasteiger partial charge in [0.2, 0.25) is 0 Å². The lowest BCUT2D eigenvalue weighted by molar-refractivity contribution is 0.169. The lowest BCUT2D eigenvalue weighted by Gasteiger charge is -2.13. The third kappa shape index (κ3) is 4.03. The molecule has 0 saturated heterocycles. The quantitative estimate of drug-likeness (QED) is 0.832. The Morgan fingerprint density at radius 3 is 2.29 bits per heavy atom. The van der Waals surface area contributed by atoms with Crippen molar-refractivity contribution in [1.29, 1.82) is 0 Å². The van der Waals surface area contributed by atoms with E-state index in [4.69, 9.17) is 0 Å². The molecule has 1 atom stereocenters. The van der Waals surface area contributed by atoms with Gasteiger partial charge in [-0.2, -0.15) is 0 Å². The molecule has 21 heavy (non-hydrogen) atoms. The number of aliphatic hydroxyl groups excluding tert-OH is 1. The fraction of sp³-hybridized carbons (Fsp3) is 0.200. The molecule has 0 aliphatic heterocycles. The highest BCUT2D eigenvalue weighted by atomic mass is 19.1. The number of halogens is 4. The molecule has 6 heteroatoms. The molecule has 1 unspecified atom stereocenters. The van der Waals surface area contributed by atoms with Crippen LogP contribution in [0.5, 0.6) is 0 Å². The molecule has 0 aromatic heterocycles. The van der Waals surface area contributed by atoms with Gasteiger partial charge in [0.05, 0.1) is 6.10 Å². The van der Waals surface area contributed by atoms with Crippen LogP contribution in [0, 0.1) is 23.3 Å². The average molecular weight is 299 g/mol. The zero-order valence-electron chi connectivity index (χ0n) is 10.9. The maximum atomic E-state index is 13.4. The van der Waals surface area contributed by atoms with Crippen molar-refractivity contribution in [3.63, 3.8) is 0 Å². The van der Waals surface area contributed by atoms with Crippen molar-refractivity contribution in [3.05, 3.63) is 70.8 Å². The van der Waals surface area contributed by atoms with Crippen molar-refractivity contribution < 1.29 is 22.7 Å². The number of nitrogens with one attached hydrogen (secondary N) is 1. The first kappa shape index (κ1) is 15.5. The van der Waals surface area contributed by atoms with Gasteiger partial charge >= 0.3 is 0 Å². The maximum absolute atomic E-state index is 13.4. The summed E-state index contributed by atoms with van der Waals surface area (Å²) in [7, 11) is 0. The van der Waals surface area contributed by atoms with Crippen LogP contribution in [0.3, 0.4) is 0 Å². The molecule has 0 amide bonds. The van der Waals surface area contributed by atoms with Crippen molar-refractivity contribution >= 4 is 0 Å². The number of hydrogen-bond donors (Lipinski definition) is 2. The Morgan fingerprint density at radius 2 is 1.57 bits per heavy atom. The Labute approximate surface area is 119 Å². The minimum Gasteiger partial charge on any atom is -0.387 e. The molecule has 0 spiro atoms. The summed E-state index contributed by atoms with van der Waals surface area (Å²) in [6.07, 6.45) is -1.22. The second-order valence-corrected chi connectivity index (χ2v) is 4.55. The standard InChI is InChI=1S/C15H13F4NO/c16-10-2-4-13(18)9(5-10)7-20-8-15(21)12-3-1-11(17)6-14(12)19/h1-6,15,20-21H,7-8H2. The second-order valence-electron chi connectivity index (χ2n) is 4.55. The lowest BCUT2D eigenvalue weighted by Crippen LogP contribution is -2.22. The SMILES string of the molecule is OC(CNCc1cc(F)ccc1F)c1ccc(F)cc1F. The van der Waals surface area contributed by atoms with E-state index in [-0.39, 0.29) is 24.2 Å². The zero-order chi connectivity index (χ0) is 15.4. The first-order valence-electron chi connectivity index (χ1n) is 6.25. The molecule has 0 fully saturated rings. The summed E-state index contributed by atoms with van der Waals surface area (Å²) in [6, 6.07) is 5.88. The molecule has 0 bridgehead atoms. The van der Waals surface area contributed by atoms with Gasteiger partial charge < -0.3 is 10.4 Å². The molecule has 0 heterocycles. The highest BCUT2D eigenvalue weighted by Gasteiger charge is 2.13. The zero-order valence-corrected chi connectivity index (χ0v) is 10.9. The summed E-state index contributed by atoms with van der Waals surface area (Å²) >= 11 is 0. The molecule has 2 nitrogen and oxygen atoms in total. The third-order valence-corrected chi connectivity index (χ3v) is 2.98. The van der Waals surface area contributed by atoms with Crippen LogP contribution in [-0.4, -0.2) is 11.7 Å². The van der Waals surface area contributed by atoms with Crippen molar-refractivity contribution in [3.8, 4) is 0 Å². The Balaban J connectivity index is 1.95. The van der Waals surface area contributed by atoms with Crippen molar-refractivity contribution in [2.45, 2.75) is 12.6 Å². The van der Waals surface area contributed by atoms with E-state index in [0.29, 0.717) is 6.07 Å². The Morgan fingerprint density at radius 1 is 0.905 bits per heavy atom. The van der Waals surface area contributed by atoms with E-state index < -0.39 is 29.4 Å². The van der Waals surface area contributed by atoms with Gasteiger partial charge in [0.25, 0.3) is 0 Å². The maximum Gasteiger partial charge on any atom is 0.131 e. The Kier molecular flexibility index (Phi) is 4.93. The highest BCUT2D eigenvalue weighted by Crippen LogP contribution is 2.17. The van der Waals surface area contributed by atoms with Gasteiger partial charge in [-0.3, -0.25) is 0 Å². The van der Waals surface area contributed by atoms with E-state index in [0.717, 1.165) is 30.3 Å². The molecule has 0 aliphatic rings. The third-order valence-electron chi connectivity index (χ3n) is 2.98. The van der Waals surface area contributed by atoms with Gasteiger partial charge in [0, 0.05) is 30.3 Å². The van der Waals surface area contributed by atoms with Crippen LogP contribution in [0.25, 0.3) is 0 Å². The number of hydrogen-bond acceptors (Lipinski definition) is 2. The topological polar surface area (TPSA) is 32.3 Å². The van der Waals surface area contributed by atoms with Crippen molar-refractivity contribution in [2.75, 3.05) is 6.54 Å². The normalized spacial score (nSPS) is 12.4. The predicted octanol–water partition coefficient (Wildman–Crippen LogP) is 3.07. The molecule has 0 aliphatic carbocycles. The van der Waals surface area contributed by atoms with Crippen LogP contribution in [0.1, 0.15) is 17.2 Å². The van der Waals surface area contributed by atoms with Crippen LogP contribution < -0.4 is 5.32 Å². The van der Waals surface area contributed by atoms with Gasteiger partial charge in [-0.05, 0) is 24.3 Å². The van der Waals surface area contributed by atoms with Gasteiger partial charge in [0.15, 0.2) is 0 Å². The van der Waals surface area contributed by atoms with Gasteiger partial charge in [-0.15, -0.1) is 0 Å². The number of rotatable bonds is 5. The smallest absolute Gasteiger partial charge is 0.131 e. The van der Waals surface area contributed by atoms with E-state index in [1.807, 2.05) is 0 Å². The second kappa shape index (κ2) is 6.69. The van der Waals surface area contributed by atoms with E-state index in [1.165, 1.54) is 0 Å². The van der Waals surface area contributed by atoms with Gasteiger partial charge in [-0.1, -0.05) is 6.07 Å². The largest absolute Gasteiger partial charge is 0.387 e. The molecule has 2 aromatic carbocycles. The van der Waals surface area contributed by atoms with Crippen LogP contribution in [-0.2, 0) is 6.54 Å². The van der Waals surface area contributed by atoms with Crippen LogP contribution in [0.4, 0.5) is 17.6 Å². The minimum absolute atomic E-state index is 0.0243. The number of benzene rings is 2. The van der Waals surface area contributed by atoms with Crippen LogP contribution in [0.15, 0.2) is 36.4 Å². The Hall–Kier alpha value is -1.92. The molecule has 2 aromatic rings. The average Bonchev–Trinajstić information content (AvgIpc) is 2.42. The minimum atomic E-state index is -1.22. The van der Waals surface area contributed by atoms with Gasteiger partial charge in [0.1, 0.15) is 23.3 Å². The lowest BCUT2D eigenvalue weighted by atomic mass is 10.1.